The highest BCUT2D eigenvalue weighted by atomic mass is 16.4. The minimum absolute atomic E-state index is 0.319. The Morgan fingerprint density at radius 2 is 1.41 bits per heavy atom. The number of allylic oxidation sites excluding steroid dienone is 6. The van der Waals surface area contributed by atoms with E-state index in [1.54, 1.807) is 0 Å². The van der Waals surface area contributed by atoms with Crippen LogP contribution in [-0.2, 0) is 4.79 Å². The van der Waals surface area contributed by atoms with Crippen LogP contribution in [0.2, 0.25) is 0 Å². The molecule has 0 aromatic heterocycles. The molecular formula is C20H34O2. The van der Waals surface area contributed by atoms with Crippen LogP contribution in [-0.4, -0.2) is 11.1 Å². The fraction of sp³-hybridized carbons (Fsp3) is 0.650. The maximum atomic E-state index is 10.3. The van der Waals surface area contributed by atoms with E-state index in [4.69, 9.17) is 5.11 Å². The first-order chi connectivity index (χ1) is 10.8. The molecule has 22 heavy (non-hydrogen) atoms. The van der Waals surface area contributed by atoms with Crippen LogP contribution in [0.1, 0.15) is 84.0 Å². The molecule has 0 bridgehead atoms. The van der Waals surface area contributed by atoms with Crippen LogP contribution in [0, 0.1) is 0 Å². The number of hydrogen-bond donors (Lipinski definition) is 1. The van der Waals surface area contributed by atoms with Gasteiger partial charge in [0, 0.05) is 6.42 Å². The van der Waals surface area contributed by atoms with Gasteiger partial charge < -0.3 is 5.11 Å². The highest BCUT2D eigenvalue weighted by molar-refractivity contribution is 5.66. The molecule has 2 heteroatoms. The summed E-state index contributed by atoms with van der Waals surface area (Å²) in [6.45, 7) is 2.23. The van der Waals surface area contributed by atoms with Gasteiger partial charge in [0.15, 0.2) is 0 Å². The molecule has 0 heterocycles. The monoisotopic (exact) mass is 306 g/mol. The molecule has 0 atom stereocenters. The Morgan fingerprint density at radius 3 is 2.18 bits per heavy atom. The van der Waals surface area contributed by atoms with Crippen molar-refractivity contribution in [3.05, 3.63) is 36.5 Å². The van der Waals surface area contributed by atoms with Crippen LogP contribution >= 0.6 is 0 Å². The molecule has 0 rings (SSSR count). The summed E-state index contributed by atoms with van der Waals surface area (Å²) >= 11 is 0. The Morgan fingerprint density at radius 1 is 0.773 bits per heavy atom. The van der Waals surface area contributed by atoms with Crippen molar-refractivity contribution in [3.8, 4) is 0 Å². The molecule has 0 aromatic carbocycles. The van der Waals surface area contributed by atoms with E-state index in [-0.39, 0.29) is 0 Å². The Labute approximate surface area is 137 Å². The van der Waals surface area contributed by atoms with Gasteiger partial charge in [-0.25, -0.2) is 0 Å². The standard InChI is InChI=1S/C20H34O2/c1-2-3-4-5-6-7-8-9-10-11-12-13-14-15-16-17-18-19-20(21)22/h6-9,11-12H,2-5,10,13-19H2,1H3,(H,21,22). The number of carbonyl (C=O) groups is 1. The van der Waals surface area contributed by atoms with E-state index < -0.39 is 5.97 Å². The SMILES string of the molecule is CCCCCC=CC=CCC=CCCCCCCCC(=O)O. The van der Waals surface area contributed by atoms with Gasteiger partial charge >= 0.3 is 5.97 Å². The second-order valence-corrected chi connectivity index (χ2v) is 5.76. The summed E-state index contributed by atoms with van der Waals surface area (Å²) in [5, 5.41) is 8.52. The summed E-state index contributed by atoms with van der Waals surface area (Å²) < 4.78 is 0. The van der Waals surface area contributed by atoms with Crippen molar-refractivity contribution in [2.24, 2.45) is 0 Å². The van der Waals surface area contributed by atoms with E-state index in [0.717, 1.165) is 32.1 Å². The van der Waals surface area contributed by atoms with Crippen molar-refractivity contribution in [2.45, 2.75) is 84.0 Å². The highest BCUT2D eigenvalue weighted by Crippen LogP contribution is 2.07. The Bertz CT molecular complexity index is 327. The first kappa shape index (κ1) is 20.7. The van der Waals surface area contributed by atoms with Crippen LogP contribution < -0.4 is 0 Å². The van der Waals surface area contributed by atoms with Crippen LogP contribution in [0.25, 0.3) is 0 Å². The maximum absolute atomic E-state index is 10.3. The lowest BCUT2D eigenvalue weighted by Gasteiger charge is -1.98. The lowest BCUT2D eigenvalue weighted by Crippen LogP contribution is -1.93. The molecule has 1 N–H and O–H groups in total. The Hall–Kier alpha value is -1.31. The lowest BCUT2D eigenvalue weighted by atomic mass is 10.1. The molecule has 2 nitrogen and oxygen atoms in total. The van der Waals surface area contributed by atoms with Gasteiger partial charge in [0.25, 0.3) is 0 Å². The number of aliphatic carboxylic acids is 1. The van der Waals surface area contributed by atoms with E-state index in [0.29, 0.717) is 6.42 Å². The van der Waals surface area contributed by atoms with Crippen molar-refractivity contribution in [3.63, 3.8) is 0 Å². The smallest absolute Gasteiger partial charge is 0.303 e. The van der Waals surface area contributed by atoms with E-state index in [2.05, 4.69) is 43.4 Å². The second kappa shape index (κ2) is 17.7. The van der Waals surface area contributed by atoms with Crippen molar-refractivity contribution >= 4 is 5.97 Å². The summed E-state index contributed by atoms with van der Waals surface area (Å²) in [5.41, 5.74) is 0. The zero-order chi connectivity index (χ0) is 16.3. The molecule has 0 aliphatic carbocycles. The van der Waals surface area contributed by atoms with Crippen molar-refractivity contribution in [1.82, 2.24) is 0 Å². The third-order valence-corrected chi connectivity index (χ3v) is 3.56. The van der Waals surface area contributed by atoms with Gasteiger partial charge in [-0.05, 0) is 38.5 Å². The Kier molecular flexibility index (Phi) is 16.7. The molecular weight excluding hydrogens is 272 g/mol. The zero-order valence-corrected chi connectivity index (χ0v) is 14.3. The molecule has 0 aliphatic rings. The normalized spacial score (nSPS) is 12.0. The van der Waals surface area contributed by atoms with Crippen molar-refractivity contribution in [2.75, 3.05) is 0 Å². The van der Waals surface area contributed by atoms with E-state index >= 15 is 0 Å². The molecule has 0 radical (unpaired) electrons. The predicted octanol–water partition coefficient (Wildman–Crippen LogP) is 6.44. The molecule has 126 valence electrons. The van der Waals surface area contributed by atoms with Crippen molar-refractivity contribution < 1.29 is 9.90 Å². The number of carboxylic acids is 1. The fourth-order valence-corrected chi connectivity index (χ4v) is 2.21. The largest absolute Gasteiger partial charge is 0.481 e. The second-order valence-electron chi connectivity index (χ2n) is 5.76. The first-order valence-corrected chi connectivity index (χ1v) is 8.95. The van der Waals surface area contributed by atoms with Gasteiger partial charge in [-0.3, -0.25) is 4.79 Å². The minimum atomic E-state index is -0.674. The van der Waals surface area contributed by atoms with E-state index in [1.165, 1.54) is 38.5 Å². The predicted molar refractivity (Wildman–Crippen MR) is 96.1 cm³/mol. The van der Waals surface area contributed by atoms with Crippen LogP contribution in [0.5, 0.6) is 0 Å². The summed E-state index contributed by atoms with van der Waals surface area (Å²) in [7, 11) is 0. The zero-order valence-electron chi connectivity index (χ0n) is 14.3. The van der Waals surface area contributed by atoms with Crippen LogP contribution in [0.4, 0.5) is 0 Å². The third-order valence-electron chi connectivity index (χ3n) is 3.56. The van der Waals surface area contributed by atoms with E-state index in [9.17, 15) is 4.79 Å². The average Bonchev–Trinajstić information content (AvgIpc) is 2.50. The van der Waals surface area contributed by atoms with Gasteiger partial charge in [-0.2, -0.15) is 0 Å². The highest BCUT2D eigenvalue weighted by Gasteiger charge is 1.95. The number of rotatable bonds is 15. The fourth-order valence-electron chi connectivity index (χ4n) is 2.21. The first-order valence-electron chi connectivity index (χ1n) is 8.95. The molecule has 0 fully saturated rings. The molecule has 0 saturated heterocycles. The van der Waals surface area contributed by atoms with Gasteiger partial charge in [0.1, 0.15) is 0 Å². The van der Waals surface area contributed by atoms with Gasteiger partial charge in [-0.1, -0.05) is 75.5 Å². The van der Waals surface area contributed by atoms with Gasteiger partial charge in [0.2, 0.25) is 0 Å². The van der Waals surface area contributed by atoms with Crippen molar-refractivity contribution in [1.29, 1.82) is 0 Å². The van der Waals surface area contributed by atoms with Crippen LogP contribution in [0.3, 0.4) is 0 Å². The summed E-state index contributed by atoms with van der Waals surface area (Å²) in [4.78, 5) is 10.3. The molecule has 0 aromatic rings. The molecule has 0 spiro atoms. The number of unbranched alkanes of at least 4 members (excludes halogenated alkanes) is 8. The summed E-state index contributed by atoms with van der Waals surface area (Å²) in [6.07, 6.45) is 26.2. The van der Waals surface area contributed by atoms with E-state index in [1.807, 2.05) is 0 Å². The van der Waals surface area contributed by atoms with Crippen LogP contribution in [0.15, 0.2) is 36.5 Å². The quantitative estimate of drug-likeness (QED) is 0.215. The Balaban J connectivity index is 3.28. The molecule has 0 saturated carbocycles. The average molecular weight is 306 g/mol. The number of hydrogen-bond acceptors (Lipinski definition) is 1. The summed E-state index contributed by atoms with van der Waals surface area (Å²) in [5.74, 6) is -0.674. The molecule has 0 unspecified atom stereocenters. The molecule has 0 aliphatic heterocycles. The minimum Gasteiger partial charge on any atom is -0.481 e. The topological polar surface area (TPSA) is 37.3 Å². The molecule has 0 amide bonds. The summed E-state index contributed by atoms with van der Waals surface area (Å²) in [6, 6.07) is 0. The van der Waals surface area contributed by atoms with Gasteiger partial charge in [-0.15, -0.1) is 0 Å². The number of carboxylic acid groups (broad SMARTS) is 1. The van der Waals surface area contributed by atoms with Gasteiger partial charge in [0.05, 0.1) is 0 Å². The lowest BCUT2D eigenvalue weighted by molar-refractivity contribution is -0.137. The third kappa shape index (κ3) is 18.7. The maximum Gasteiger partial charge on any atom is 0.303 e.